The van der Waals surface area contributed by atoms with Gasteiger partial charge in [0.2, 0.25) is 0 Å². The van der Waals surface area contributed by atoms with Gasteiger partial charge in [0.1, 0.15) is 0 Å². The number of amides is 2. The zero-order valence-electron chi connectivity index (χ0n) is 9.50. The number of esters is 1. The Labute approximate surface area is 102 Å². The SMILES string of the molecule is CCOC(=O)C(=O)N1C(=O)C(=O)c2ccccc21. The lowest BCUT2D eigenvalue weighted by atomic mass is 10.1. The van der Waals surface area contributed by atoms with E-state index in [2.05, 4.69) is 4.74 Å². The largest absolute Gasteiger partial charge is 0.459 e. The maximum atomic E-state index is 11.7. The molecule has 0 radical (unpaired) electrons. The Morgan fingerprint density at radius 2 is 1.89 bits per heavy atom. The first-order valence-electron chi connectivity index (χ1n) is 5.26. The number of fused-ring (bicyclic) bond motifs is 1. The van der Waals surface area contributed by atoms with Crippen molar-refractivity contribution in [3.63, 3.8) is 0 Å². The second kappa shape index (κ2) is 4.40. The van der Waals surface area contributed by atoms with Gasteiger partial charge in [-0.15, -0.1) is 0 Å². The van der Waals surface area contributed by atoms with Gasteiger partial charge in [0.05, 0.1) is 17.9 Å². The van der Waals surface area contributed by atoms with Gasteiger partial charge in [-0.2, -0.15) is 0 Å². The predicted octanol–water partition coefficient (Wildman–Crippen LogP) is 0.306. The topological polar surface area (TPSA) is 80.8 Å². The van der Waals surface area contributed by atoms with E-state index in [4.69, 9.17) is 0 Å². The van der Waals surface area contributed by atoms with E-state index in [9.17, 15) is 19.2 Å². The fourth-order valence-corrected chi connectivity index (χ4v) is 1.67. The number of carbonyl (C=O) groups excluding carboxylic acids is 4. The molecule has 6 heteroatoms. The first-order chi connectivity index (χ1) is 8.57. The van der Waals surface area contributed by atoms with Crippen molar-refractivity contribution in [2.75, 3.05) is 11.5 Å². The molecule has 0 saturated carbocycles. The van der Waals surface area contributed by atoms with Crippen molar-refractivity contribution < 1.29 is 23.9 Å². The second-order valence-electron chi connectivity index (χ2n) is 3.51. The number of nitrogens with zero attached hydrogens (tertiary/aromatic N) is 1. The summed E-state index contributed by atoms with van der Waals surface area (Å²) in [7, 11) is 0. The summed E-state index contributed by atoms with van der Waals surface area (Å²) in [5.41, 5.74) is 0.228. The van der Waals surface area contributed by atoms with Gasteiger partial charge in [0.25, 0.3) is 5.78 Å². The molecule has 0 N–H and O–H groups in total. The van der Waals surface area contributed by atoms with Crippen LogP contribution in [0.1, 0.15) is 17.3 Å². The second-order valence-corrected chi connectivity index (χ2v) is 3.51. The van der Waals surface area contributed by atoms with Crippen molar-refractivity contribution in [2.45, 2.75) is 6.92 Å². The predicted molar refractivity (Wildman–Crippen MR) is 59.9 cm³/mol. The molecule has 1 aromatic rings. The summed E-state index contributed by atoms with van der Waals surface area (Å²) in [4.78, 5) is 46.9. The standard InChI is InChI=1S/C12H9NO5/c1-2-18-12(17)11(16)13-8-6-4-3-5-7(8)9(14)10(13)15/h3-6H,2H2,1H3. The Kier molecular flexibility index (Phi) is 2.93. The quantitative estimate of drug-likeness (QED) is 0.527. The highest BCUT2D eigenvalue weighted by molar-refractivity contribution is 6.61. The van der Waals surface area contributed by atoms with E-state index in [0.29, 0.717) is 4.90 Å². The molecular weight excluding hydrogens is 238 g/mol. The Hall–Kier alpha value is -2.50. The number of benzene rings is 1. The number of para-hydroxylation sites is 1. The molecule has 1 aliphatic heterocycles. The van der Waals surface area contributed by atoms with Crippen LogP contribution < -0.4 is 4.90 Å². The number of Topliss-reactive ketones (excluding diaryl/α,β-unsaturated/α-hetero) is 1. The summed E-state index contributed by atoms with van der Waals surface area (Å²) in [6.07, 6.45) is 0. The van der Waals surface area contributed by atoms with E-state index in [1.165, 1.54) is 19.1 Å². The molecule has 1 aliphatic rings. The number of ether oxygens (including phenoxy) is 1. The summed E-state index contributed by atoms with van der Waals surface area (Å²) in [5.74, 6) is -4.15. The molecule has 0 spiro atoms. The number of ketones is 1. The summed E-state index contributed by atoms with van der Waals surface area (Å²) in [5, 5.41) is 0. The highest BCUT2D eigenvalue weighted by Crippen LogP contribution is 2.28. The maximum absolute atomic E-state index is 11.7. The number of rotatable bonds is 1. The third-order valence-electron chi connectivity index (χ3n) is 2.44. The van der Waals surface area contributed by atoms with Crippen LogP contribution in [-0.2, 0) is 19.1 Å². The van der Waals surface area contributed by atoms with Crippen LogP contribution in [0.25, 0.3) is 0 Å². The fraction of sp³-hybridized carbons (Fsp3) is 0.167. The average Bonchev–Trinajstić information content (AvgIpc) is 2.62. The van der Waals surface area contributed by atoms with Crippen LogP contribution in [0.15, 0.2) is 24.3 Å². The van der Waals surface area contributed by atoms with E-state index in [1.807, 2.05) is 0 Å². The monoisotopic (exact) mass is 247 g/mol. The minimum absolute atomic E-state index is 0.0161. The third-order valence-corrected chi connectivity index (χ3v) is 2.44. The molecule has 0 fully saturated rings. The first kappa shape index (κ1) is 12.0. The lowest BCUT2D eigenvalue weighted by Crippen LogP contribution is -2.41. The minimum Gasteiger partial charge on any atom is -0.459 e. The average molecular weight is 247 g/mol. The van der Waals surface area contributed by atoms with Gasteiger partial charge in [0.15, 0.2) is 0 Å². The van der Waals surface area contributed by atoms with Crippen molar-refractivity contribution in [1.29, 1.82) is 0 Å². The molecule has 1 aromatic carbocycles. The van der Waals surface area contributed by atoms with Crippen LogP contribution in [0.4, 0.5) is 5.69 Å². The zero-order valence-corrected chi connectivity index (χ0v) is 9.50. The Balaban J connectivity index is 2.41. The Morgan fingerprint density at radius 3 is 2.56 bits per heavy atom. The molecule has 0 aromatic heterocycles. The molecule has 0 atom stereocenters. The number of carbonyl (C=O) groups is 4. The third kappa shape index (κ3) is 1.67. The van der Waals surface area contributed by atoms with Crippen molar-refractivity contribution >= 4 is 29.3 Å². The highest BCUT2D eigenvalue weighted by atomic mass is 16.5. The van der Waals surface area contributed by atoms with Crippen LogP contribution in [0.5, 0.6) is 0 Å². The van der Waals surface area contributed by atoms with E-state index >= 15 is 0 Å². The maximum Gasteiger partial charge on any atom is 0.397 e. The molecule has 2 rings (SSSR count). The molecule has 0 aliphatic carbocycles. The van der Waals surface area contributed by atoms with Crippen molar-refractivity contribution in [2.24, 2.45) is 0 Å². The molecule has 2 amide bonds. The summed E-state index contributed by atoms with van der Waals surface area (Å²) >= 11 is 0. The number of imide groups is 1. The van der Waals surface area contributed by atoms with Crippen molar-refractivity contribution in [3.8, 4) is 0 Å². The zero-order chi connectivity index (χ0) is 13.3. The lowest BCUT2D eigenvalue weighted by Gasteiger charge is -2.12. The number of hydrogen-bond acceptors (Lipinski definition) is 5. The van der Waals surface area contributed by atoms with Gasteiger partial charge in [-0.3, -0.25) is 14.4 Å². The molecule has 92 valence electrons. The fourth-order valence-electron chi connectivity index (χ4n) is 1.67. The van der Waals surface area contributed by atoms with Gasteiger partial charge in [-0.05, 0) is 19.1 Å². The van der Waals surface area contributed by atoms with Crippen molar-refractivity contribution in [3.05, 3.63) is 29.8 Å². The molecule has 0 saturated heterocycles. The Bertz CT molecular complexity index is 563. The van der Waals surface area contributed by atoms with Crippen LogP contribution in [0.3, 0.4) is 0 Å². The highest BCUT2D eigenvalue weighted by Gasteiger charge is 2.42. The van der Waals surface area contributed by atoms with Gasteiger partial charge in [-0.25, -0.2) is 9.69 Å². The van der Waals surface area contributed by atoms with Crippen LogP contribution >= 0.6 is 0 Å². The summed E-state index contributed by atoms with van der Waals surface area (Å²) < 4.78 is 4.52. The molecular formula is C12H9NO5. The molecule has 18 heavy (non-hydrogen) atoms. The Morgan fingerprint density at radius 1 is 1.22 bits per heavy atom. The number of hydrogen-bond donors (Lipinski definition) is 0. The van der Waals surface area contributed by atoms with Crippen LogP contribution in [0, 0.1) is 0 Å². The normalized spacial score (nSPS) is 13.5. The van der Waals surface area contributed by atoms with Gasteiger partial charge in [0, 0.05) is 0 Å². The van der Waals surface area contributed by atoms with Gasteiger partial charge >= 0.3 is 17.8 Å². The van der Waals surface area contributed by atoms with Crippen LogP contribution in [0.2, 0.25) is 0 Å². The van der Waals surface area contributed by atoms with E-state index in [1.54, 1.807) is 12.1 Å². The smallest absolute Gasteiger partial charge is 0.397 e. The van der Waals surface area contributed by atoms with Crippen molar-refractivity contribution in [1.82, 2.24) is 0 Å². The van der Waals surface area contributed by atoms with E-state index in [0.717, 1.165) is 0 Å². The first-order valence-corrected chi connectivity index (χ1v) is 5.26. The lowest BCUT2D eigenvalue weighted by molar-refractivity contribution is -0.153. The van der Waals surface area contributed by atoms with E-state index in [-0.39, 0.29) is 17.9 Å². The molecule has 1 heterocycles. The summed E-state index contributed by atoms with van der Waals surface area (Å²) in [6.45, 7) is 1.55. The summed E-state index contributed by atoms with van der Waals surface area (Å²) in [6, 6.07) is 5.99. The van der Waals surface area contributed by atoms with E-state index < -0.39 is 23.6 Å². The van der Waals surface area contributed by atoms with Gasteiger partial charge in [-0.1, -0.05) is 12.1 Å². The molecule has 0 bridgehead atoms. The molecule has 6 nitrogen and oxygen atoms in total. The molecule has 0 unspecified atom stereocenters. The van der Waals surface area contributed by atoms with Gasteiger partial charge < -0.3 is 4.74 Å². The van der Waals surface area contributed by atoms with Crippen LogP contribution in [-0.4, -0.2) is 30.2 Å². The number of anilines is 1. The minimum atomic E-state index is -1.16.